The fourth-order valence-corrected chi connectivity index (χ4v) is 3.09. The number of hydrogen-bond donors (Lipinski definition) is 0. The lowest BCUT2D eigenvalue weighted by Crippen LogP contribution is -2.50. The largest absolute Gasteiger partial charge is 0.336 e. The number of carbonyl (C=O) groups excluding carboxylic acids is 2. The second kappa shape index (κ2) is 8.19. The van der Waals surface area contributed by atoms with Crippen molar-refractivity contribution in [1.82, 2.24) is 9.80 Å². The molecule has 1 aliphatic rings. The highest BCUT2D eigenvalue weighted by Crippen LogP contribution is 2.13. The van der Waals surface area contributed by atoms with Gasteiger partial charge in [0, 0.05) is 42.8 Å². The van der Waals surface area contributed by atoms with Crippen molar-refractivity contribution in [2.45, 2.75) is 6.92 Å². The molecule has 0 radical (unpaired) electrons. The Morgan fingerprint density at radius 1 is 0.962 bits per heavy atom. The highest BCUT2D eigenvalue weighted by Gasteiger charge is 2.23. The number of halogens is 1. The lowest BCUT2D eigenvalue weighted by molar-refractivity contribution is -0.127. The number of rotatable bonds is 3. The fourth-order valence-electron chi connectivity index (χ4n) is 2.89. The zero-order valence-corrected chi connectivity index (χ0v) is 15.4. The van der Waals surface area contributed by atoms with Gasteiger partial charge in [0.25, 0.3) is 5.91 Å². The van der Waals surface area contributed by atoms with Crippen LogP contribution in [0, 0.1) is 6.92 Å². The van der Waals surface area contributed by atoms with Gasteiger partial charge in [0.1, 0.15) is 0 Å². The van der Waals surface area contributed by atoms with E-state index in [0.717, 1.165) is 11.1 Å². The summed E-state index contributed by atoms with van der Waals surface area (Å²) in [5.74, 6) is -0.0287. The van der Waals surface area contributed by atoms with E-state index in [2.05, 4.69) is 0 Å². The first-order valence-electron chi connectivity index (χ1n) is 8.61. The predicted octanol–water partition coefficient (Wildman–Crippen LogP) is 3.65. The zero-order chi connectivity index (χ0) is 18.5. The second-order valence-corrected chi connectivity index (χ2v) is 6.81. The molecule has 4 nitrogen and oxygen atoms in total. The third kappa shape index (κ3) is 4.52. The maximum atomic E-state index is 12.5. The predicted molar refractivity (Wildman–Crippen MR) is 104 cm³/mol. The van der Waals surface area contributed by atoms with E-state index in [0.29, 0.717) is 36.8 Å². The number of benzene rings is 2. The highest BCUT2D eigenvalue weighted by molar-refractivity contribution is 6.30. The molecule has 0 bridgehead atoms. The van der Waals surface area contributed by atoms with E-state index in [4.69, 9.17) is 11.6 Å². The lowest BCUT2D eigenvalue weighted by Gasteiger charge is -2.34. The number of piperazine rings is 1. The summed E-state index contributed by atoms with van der Waals surface area (Å²) in [5.41, 5.74) is 2.71. The van der Waals surface area contributed by atoms with Gasteiger partial charge in [0.2, 0.25) is 5.91 Å². The van der Waals surface area contributed by atoms with Crippen LogP contribution in [0.2, 0.25) is 5.02 Å². The first-order chi connectivity index (χ1) is 12.5. The van der Waals surface area contributed by atoms with Gasteiger partial charge < -0.3 is 9.80 Å². The van der Waals surface area contributed by atoms with E-state index < -0.39 is 0 Å². The minimum Gasteiger partial charge on any atom is -0.336 e. The van der Waals surface area contributed by atoms with Crippen LogP contribution in [0.15, 0.2) is 54.6 Å². The topological polar surface area (TPSA) is 40.6 Å². The van der Waals surface area contributed by atoms with Crippen molar-refractivity contribution in [2.75, 3.05) is 26.2 Å². The van der Waals surface area contributed by atoms with Crippen molar-refractivity contribution in [1.29, 1.82) is 0 Å². The number of hydrogen-bond acceptors (Lipinski definition) is 2. The molecule has 0 aromatic heterocycles. The van der Waals surface area contributed by atoms with E-state index in [1.54, 1.807) is 28.0 Å². The van der Waals surface area contributed by atoms with Crippen LogP contribution in [0.25, 0.3) is 6.08 Å². The first kappa shape index (κ1) is 18.2. The average Bonchev–Trinajstić information content (AvgIpc) is 2.66. The summed E-state index contributed by atoms with van der Waals surface area (Å²) in [6.45, 7) is 4.16. The molecule has 0 spiro atoms. The molecule has 0 saturated carbocycles. The first-order valence-corrected chi connectivity index (χ1v) is 8.99. The molecule has 2 aromatic carbocycles. The summed E-state index contributed by atoms with van der Waals surface area (Å²) in [7, 11) is 0. The zero-order valence-electron chi connectivity index (χ0n) is 14.7. The Morgan fingerprint density at radius 2 is 1.62 bits per heavy atom. The number of amides is 2. The van der Waals surface area contributed by atoms with Crippen LogP contribution in [-0.4, -0.2) is 47.8 Å². The molecular formula is C21H21ClN2O2. The number of nitrogens with zero attached hydrogens (tertiary/aromatic N) is 2. The van der Waals surface area contributed by atoms with Crippen molar-refractivity contribution in [3.63, 3.8) is 0 Å². The minimum absolute atomic E-state index is 0.0200. The summed E-state index contributed by atoms with van der Waals surface area (Å²) >= 11 is 5.95. The lowest BCUT2D eigenvalue weighted by atomic mass is 10.1. The van der Waals surface area contributed by atoms with E-state index in [1.807, 2.05) is 49.4 Å². The molecule has 1 saturated heterocycles. The van der Waals surface area contributed by atoms with Gasteiger partial charge >= 0.3 is 0 Å². The van der Waals surface area contributed by atoms with Crippen LogP contribution in [0.4, 0.5) is 0 Å². The molecular weight excluding hydrogens is 348 g/mol. The van der Waals surface area contributed by atoms with Gasteiger partial charge in [0.05, 0.1) is 0 Å². The van der Waals surface area contributed by atoms with E-state index >= 15 is 0 Å². The van der Waals surface area contributed by atoms with E-state index in [1.165, 1.54) is 0 Å². The molecule has 0 atom stereocenters. The molecule has 3 rings (SSSR count). The Labute approximate surface area is 158 Å². The SMILES string of the molecule is Cc1ccc(C(=O)N2CCN(C(=O)/C=C/c3cccc(Cl)c3)CC2)cc1. The smallest absolute Gasteiger partial charge is 0.253 e. The number of carbonyl (C=O) groups is 2. The maximum absolute atomic E-state index is 12.5. The molecule has 1 fully saturated rings. The van der Waals surface area contributed by atoms with Crippen LogP contribution in [0.1, 0.15) is 21.5 Å². The van der Waals surface area contributed by atoms with Gasteiger partial charge in [-0.05, 0) is 42.8 Å². The van der Waals surface area contributed by atoms with Crippen LogP contribution < -0.4 is 0 Å². The number of aryl methyl sites for hydroxylation is 1. The van der Waals surface area contributed by atoms with Gasteiger partial charge in [-0.3, -0.25) is 9.59 Å². The van der Waals surface area contributed by atoms with E-state index in [9.17, 15) is 9.59 Å². The molecule has 0 N–H and O–H groups in total. The molecule has 0 aliphatic carbocycles. The van der Waals surface area contributed by atoms with Crippen LogP contribution >= 0.6 is 11.6 Å². The third-order valence-corrected chi connectivity index (χ3v) is 4.68. The molecule has 1 heterocycles. The van der Waals surface area contributed by atoms with Gasteiger partial charge in [-0.15, -0.1) is 0 Å². The van der Waals surface area contributed by atoms with Gasteiger partial charge in [-0.2, -0.15) is 0 Å². The Bertz CT molecular complexity index is 822. The Balaban J connectivity index is 1.55. The molecule has 2 aromatic rings. The summed E-state index contributed by atoms with van der Waals surface area (Å²) in [4.78, 5) is 28.4. The van der Waals surface area contributed by atoms with Gasteiger partial charge in [-0.25, -0.2) is 0 Å². The second-order valence-electron chi connectivity index (χ2n) is 6.37. The third-order valence-electron chi connectivity index (χ3n) is 4.44. The Morgan fingerprint density at radius 3 is 2.27 bits per heavy atom. The van der Waals surface area contributed by atoms with Crippen LogP contribution in [-0.2, 0) is 4.79 Å². The summed E-state index contributed by atoms with van der Waals surface area (Å²) in [6.07, 6.45) is 3.32. The fraction of sp³-hybridized carbons (Fsp3) is 0.238. The summed E-state index contributed by atoms with van der Waals surface area (Å²) in [6, 6.07) is 14.9. The Hall–Kier alpha value is -2.59. The van der Waals surface area contributed by atoms with Crippen molar-refractivity contribution in [3.05, 3.63) is 76.3 Å². The summed E-state index contributed by atoms with van der Waals surface area (Å²) in [5, 5.41) is 0.642. The van der Waals surface area contributed by atoms with Gasteiger partial charge in [0.15, 0.2) is 0 Å². The highest BCUT2D eigenvalue weighted by atomic mass is 35.5. The summed E-state index contributed by atoms with van der Waals surface area (Å²) < 4.78 is 0. The van der Waals surface area contributed by atoms with Crippen molar-refractivity contribution in [2.24, 2.45) is 0 Å². The Kier molecular flexibility index (Phi) is 5.74. The van der Waals surface area contributed by atoms with E-state index in [-0.39, 0.29) is 11.8 Å². The van der Waals surface area contributed by atoms with Crippen molar-refractivity contribution < 1.29 is 9.59 Å². The van der Waals surface area contributed by atoms with Gasteiger partial charge in [-0.1, -0.05) is 41.4 Å². The normalized spacial score (nSPS) is 14.7. The quantitative estimate of drug-likeness (QED) is 0.776. The minimum atomic E-state index is -0.0487. The average molecular weight is 369 g/mol. The monoisotopic (exact) mass is 368 g/mol. The van der Waals surface area contributed by atoms with Crippen molar-refractivity contribution in [3.8, 4) is 0 Å². The molecule has 1 aliphatic heterocycles. The molecule has 0 unspecified atom stereocenters. The van der Waals surface area contributed by atoms with Crippen LogP contribution in [0.5, 0.6) is 0 Å². The molecule has 2 amide bonds. The molecule has 26 heavy (non-hydrogen) atoms. The van der Waals surface area contributed by atoms with Crippen LogP contribution in [0.3, 0.4) is 0 Å². The maximum Gasteiger partial charge on any atom is 0.253 e. The van der Waals surface area contributed by atoms with Crippen molar-refractivity contribution >= 4 is 29.5 Å². The standard InChI is InChI=1S/C21H21ClN2O2/c1-16-5-8-18(9-6-16)21(26)24-13-11-23(12-14-24)20(25)10-7-17-3-2-4-19(22)15-17/h2-10,15H,11-14H2,1H3/b10-7+. The molecule has 5 heteroatoms. The molecule has 134 valence electrons.